The van der Waals surface area contributed by atoms with Gasteiger partial charge < -0.3 is 9.84 Å². The number of aromatic carboxylic acids is 1. The number of hydrogen-bond donors (Lipinski definition) is 2. The number of carbonyl (C=O) groups is 2. The predicted molar refractivity (Wildman–Crippen MR) is 118 cm³/mol. The molecule has 0 atom stereocenters. The fraction of sp³-hybridized carbons (Fsp3) is 0.0870. The molecular weight excluding hydrogens is 400 g/mol. The predicted octanol–water partition coefficient (Wildman–Crippen LogP) is 5.23. The molecule has 0 unspecified atom stereocenters. The van der Waals surface area contributed by atoms with E-state index < -0.39 is 11.9 Å². The van der Waals surface area contributed by atoms with Crippen LogP contribution in [0, 0.1) is 6.92 Å². The third kappa shape index (κ3) is 3.51. The first-order valence-electron chi connectivity index (χ1n) is 9.17. The summed E-state index contributed by atoms with van der Waals surface area (Å²) in [4.78, 5) is 30.3. The van der Waals surface area contributed by atoms with Crippen LogP contribution in [0.2, 0.25) is 0 Å². The molecule has 0 saturated carbocycles. The number of aromatic nitrogens is 1. The fourth-order valence-corrected chi connectivity index (χ4v) is 4.22. The SMILES string of the molecule is COc1ccccc1-c1nc(NC(=O)c2ccc3ccccc3c2C(=O)O)sc1C. The van der Waals surface area contributed by atoms with Gasteiger partial charge in [-0.05, 0) is 35.9 Å². The number of ether oxygens (including phenoxy) is 1. The summed E-state index contributed by atoms with van der Waals surface area (Å²) in [6, 6.07) is 17.9. The Morgan fingerprint density at radius 1 is 1.03 bits per heavy atom. The normalized spacial score (nSPS) is 10.7. The van der Waals surface area contributed by atoms with Crippen molar-refractivity contribution >= 4 is 39.1 Å². The number of benzene rings is 3. The molecule has 150 valence electrons. The van der Waals surface area contributed by atoms with Crippen molar-refractivity contribution in [2.45, 2.75) is 6.92 Å². The molecule has 7 heteroatoms. The molecular formula is C23H18N2O4S. The lowest BCUT2D eigenvalue weighted by Gasteiger charge is -2.09. The van der Waals surface area contributed by atoms with Crippen molar-refractivity contribution in [1.82, 2.24) is 4.98 Å². The molecule has 0 saturated heterocycles. The lowest BCUT2D eigenvalue weighted by atomic mass is 9.98. The van der Waals surface area contributed by atoms with Crippen LogP contribution in [-0.4, -0.2) is 29.1 Å². The number of aryl methyl sites for hydroxylation is 1. The molecule has 0 aliphatic carbocycles. The molecule has 2 N–H and O–H groups in total. The number of carboxylic acids is 1. The number of rotatable bonds is 5. The summed E-state index contributed by atoms with van der Waals surface area (Å²) in [6.45, 7) is 1.91. The molecule has 0 aliphatic heterocycles. The van der Waals surface area contributed by atoms with Crippen LogP contribution in [0.1, 0.15) is 25.6 Å². The minimum atomic E-state index is -1.15. The van der Waals surface area contributed by atoms with Crippen molar-refractivity contribution in [3.8, 4) is 17.0 Å². The Labute approximate surface area is 176 Å². The number of anilines is 1. The van der Waals surface area contributed by atoms with Gasteiger partial charge in [-0.15, -0.1) is 11.3 Å². The maximum atomic E-state index is 12.9. The Bertz CT molecular complexity index is 1280. The molecule has 0 spiro atoms. The van der Waals surface area contributed by atoms with Crippen LogP contribution < -0.4 is 10.1 Å². The Morgan fingerprint density at radius 2 is 1.77 bits per heavy atom. The number of nitrogens with one attached hydrogen (secondary N) is 1. The van der Waals surface area contributed by atoms with E-state index in [2.05, 4.69) is 10.3 Å². The first-order chi connectivity index (χ1) is 14.5. The van der Waals surface area contributed by atoms with Gasteiger partial charge in [-0.25, -0.2) is 9.78 Å². The molecule has 3 aromatic carbocycles. The summed E-state index contributed by atoms with van der Waals surface area (Å²) in [6.07, 6.45) is 0. The highest BCUT2D eigenvalue weighted by Gasteiger charge is 2.21. The van der Waals surface area contributed by atoms with E-state index in [-0.39, 0.29) is 11.1 Å². The average molecular weight is 418 g/mol. The van der Waals surface area contributed by atoms with Crippen LogP contribution in [0.15, 0.2) is 60.7 Å². The summed E-state index contributed by atoms with van der Waals surface area (Å²) in [5.41, 5.74) is 1.60. The number of nitrogens with zero attached hydrogens (tertiary/aromatic N) is 1. The number of amides is 1. The van der Waals surface area contributed by atoms with E-state index in [4.69, 9.17) is 4.74 Å². The van der Waals surface area contributed by atoms with Crippen LogP contribution in [-0.2, 0) is 0 Å². The molecule has 1 aromatic heterocycles. The Kier molecular flexibility index (Phi) is 5.20. The van der Waals surface area contributed by atoms with E-state index in [1.54, 1.807) is 25.3 Å². The third-order valence-electron chi connectivity index (χ3n) is 4.77. The van der Waals surface area contributed by atoms with Crippen LogP contribution in [0.25, 0.3) is 22.0 Å². The number of carbonyl (C=O) groups excluding carboxylic acids is 1. The van der Waals surface area contributed by atoms with Crippen LogP contribution in [0.5, 0.6) is 5.75 Å². The number of methoxy groups -OCH3 is 1. The molecule has 4 aromatic rings. The molecule has 4 rings (SSSR count). The van der Waals surface area contributed by atoms with Crippen molar-refractivity contribution < 1.29 is 19.4 Å². The van der Waals surface area contributed by atoms with E-state index >= 15 is 0 Å². The summed E-state index contributed by atoms with van der Waals surface area (Å²) in [5.74, 6) is -0.980. The maximum Gasteiger partial charge on any atom is 0.337 e. The quantitative estimate of drug-likeness (QED) is 0.463. The number of fused-ring (bicyclic) bond motifs is 1. The highest BCUT2D eigenvalue weighted by Crippen LogP contribution is 2.36. The minimum absolute atomic E-state index is 0.0242. The number of carboxylic acid groups (broad SMARTS) is 1. The van der Waals surface area contributed by atoms with Crippen LogP contribution >= 0.6 is 11.3 Å². The number of hydrogen-bond acceptors (Lipinski definition) is 5. The van der Waals surface area contributed by atoms with Crippen molar-refractivity contribution in [3.63, 3.8) is 0 Å². The van der Waals surface area contributed by atoms with Crippen LogP contribution in [0.4, 0.5) is 5.13 Å². The summed E-state index contributed by atoms with van der Waals surface area (Å²) in [5, 5.41) is 14.1. The summed E-state index contributed by atoms with van der Waals surface area (Å²) >= 11 is 1.32. The van der Waals surface area contributed by atoms with E-state index in [1.807, 2.05) is 43.3 Å². The summed E-state index contributed by atoms with van der Waals surface area (Å²) in [7, 11) is 1.59. The first kappa shape index (κ1) is 19.6. The van der Waals surface area contributed by atoms with E-state index in [0.29, 0.717) is 22.0 Å². The van der Waals surface area contributed by atoms with Gasteiger partial charge in [0, 0.05) is 10.4 Å². The molecule has 1 heterocycles. The molecule has 30 heavy (non-hydrogen) atoms. The minimum Gasteiger partial charge on any atom is -0.496 e. The zero-order chi connectivity index (χ0) is 21.3. The smallest absolute Gasteiger partial charge is 0.337 e. The van der Waals surface area contributed by atoms with Crippen molar-refractivity contribution in [1.29, 1.82) is 0 Å². The topological polar surface area (TPSA) is 88.5 Å². The maximum absolute atomic E-state index is 12.9. The highest BCUT2D eigenvalue weighted by atomic mass is 32.1. The largest absolute Gasteiger partial charge is 0.496 e. The second-order valence-corrected chi connectivity index (χ2v) is 7.80. The van der Waals surface area contributed by atoms with Gasteiger partial charge in [0.2, 0.25) is 0 Å². The van der Waals surface area contributed by atoms with Gasteiger partial charge in [0.1, 0.15) is 5.75 Å². The highest BCUT2D eigenvalue weighted by molar-refractivity contribution is 7.16. The molecule has 1 amide bonds. The third-order valence-corrected chi connectivity index (χ3v) is 5.65. The average Bonchev–Trinajstić information content (AvgIpc) is 3.12. The summed E-state index contributed by atoms with van der Waals surface area (Å²) < 4.78 is 5.41. The van der Waals surface area contributed by atoms with Gasteiger partial charge >= 0.3 is 5.97 Å². The van der Waals surface area contributed by atoms with Gasteiger partial charge in [-0.2, -0.15) is 0 Å². The zero-order valence-corrected chi connectivity index (χ0v) is 17.1. The second kappa shape index (κ2) is 7.96. The standard InChI is InChI=1S/C23H18N2O4S/c1-13-20(16-9-5-6-10-18(16)29-2)24-23(30-13)25-21(26)17-12-11-14-7-3-4-8-15(14)19(17)22(27)28/h3-12H,1-2H3,(H,27,28)(H,24,25,26). The molecule has 0 radical (unpaired) electrons. The van der Waals surface area contributed by atoms with Crippen LogP contribution in [0.3, 0.4) is 0 Å². The molecule has 0 aliphatic rings. The Hall–Kier alpha value is -3.71. The monoisotopic (exact) mass is 418 g/mol. The van der Waals surface area contributed by atoms with Gasteiger partial charge in [-0.1, -0.05) is 42.5 Å². The zero-order valence-electron chi connectivity index (χ0n) is 16.3. The first-order valence-corrected chi connectivity index (χ1v) is 9.98. The lowest BCUT2D eigenvalue weighted by molar-refractivity contribution is 0.0694. The Morgan fingerprint density at radius 3 is 2.53 bits per heavy atom. The lowest BCUT2D eigenvalue weighted by Crippen LogP contribution is -2.16. The fourth-order valence-electron chi connectivity index (χ4n) is 3.40. The van der Waals surface area contributed by atoms with Gasteiger partial charge in [0.05, 0.1) is 23.9 Å². The van der Waals surface area contributed by atoms with Crippen molar-refractivity contribution in [2.24, 2.45) is 0 Å². The van der Waals surface area contributed by atoms with E-state index in [0.717, 1.165) is 15.8 Å². The van der Waals surface area contributed by atoms with Gasteiger partial charge in [0.25, 0.3) is 5.91 Å². The molecule has 0 fully saturated rings. The molecule has 6 nitrogen and oxygen atoms in total. The van der Waals surface area contributed by atoms with Gasteiger partial charge in [-0.3, -0.25) is 10.1 Å². The number of para-hydroxylation sites is 1. The second-order valence-electron chi connectivity index (χ2n) is 6.59. The van der Waals surface area contributed by atoms with E-state index in [1.165, 1.54) is 17.4 Å². The Balaban J connectivity index is 1.71. The van der Waals surface area contributed by atoms with Gasteiger partial charge in [0.15, 0.2) is 5.13 Å². The molecule has 0 bridgehead atoms. The van der Waals surface area contributed by atoms with E-state index in [9.17, 15) is 14.7 Å². The van der Waals surface area contributed by atoms with Crippen molar-refractivity contribution in [2.75, 3.05) is 12.4 Å². The number of thiazole rings is 1. The van der Waals surface area contributed by atoms with Crippen molar-refractivity contribution in [3.05, 3.63) is 76.7 Å².